The van der Waals surface area contributed by atoms with Crippen LogP contribution in [0.25, 0.3) is 0 Å². The average molecular weight is 311 g/mol. The second-order valence-corrected chi connectivity index (χ2v) is 4.52. The quantitative estimate of drug-likeness (QED) is 0.942. The van der Waals surface area contributed by atoms with Crippen LogP contribution in [0, 0.1) is 0 Å². The van der Waals surface area contributed by atoms with Crippen molar-refractivity contribution < 1.29 is 14.6 Å². The number of aromatic nitrogens is 2. The lowest BCUT2D eigenvalue weighted by Gasteiger charge is -2.07. The molecule has 0 aliphatic rings. The van der Waals surface area contributed by atoms with Crippen LogP contribution in [0.1, 0.15) is 16.1 Å². The summed E-state index contributed by atoms with van der Waals surface area (Å²) in [5, 5.41) is 13.0. The minimum Gasteiger partial charge on any atom is -0.488 e. The molecule has 2 rings (SSSR count). The van der Waals surface area contributed by atoms with Crippen LogP contribution in [0.3, 0.4) is 0 Å². The van der Waals surface area contributed by atoms with Crippen molar-refractivity contribution in [2.24, 2.45) is 7.05 Å². The van der Waals surface area contributed by atoms with E-state index in [0.29, 0.717) is 11.3 Å². The van der Waals surface area contributed by atoms with E-state index in [0.717, 1.165) is 4.47 Å². The summed E-state index contributed by atoms with van der Waals surface area (Å²) in [4.78, 5) is 11.1. The first-order chi connectivity index (χ1) is 8.59. The van der Waals surface area contributed by atoms with E-state index in [4.69, 9.17) is 9.84 Å². The number of halogens is 1. The third-order valence-corrected chi connectivity index (χ3v) is 3.09. The van der Waals surface area contributed by atoms with Crippen molar-refractivity contribution >= 4 is 21.9 Å². The zero-order valence-corrected chi connectivity index (χ0v) is 11.2. The predicted molar refractivity (Wildman–Crippen MR) is 68.6 cm³/mol. The molecule has 5 nitrogen and oxygen atoms in total. The minimum absolute atomic E-state index is 0.141. The first-order valence-electron chi connectivity index (χ1n) is 5.21. The van der Waals surface area contributed by atoms with Crippen LogP contribution in [-0.4, -0.2) is 20.9 Å². The Hall–Kier alpha value is -1.82. The number of carboxylic acid groups (broad SMARTS) is 1. The molecule has 0 aliphatic heterocycles. The molecule has 1 aromatic carbocycles. The molecule has 2 aromatic rings. The zero-order valence-electron chi connectivity index (χ0n) is 9.63. The number of carboxylic acids is 1. The standard InChI is InChI=1S/C12H11BrN2O3/c1-15-11(12(16)17)8(6-14-15)7-18-10-5-3-2-4-9(10)13/h2-6H,7H2,1H3,(H,16,17). The van der Waals surface area contributed by atoms with Gasteiger partial charge in [-0.05, 0) is 28.1 Å². The molecule has 0 saturated heterocycles. The maximum absolute atomic E-state index is 11.1. The van der Waals surface area contributed by atoms with Crippen molar-refractivity contribution in [2.75, 3.05) is 0 Å². The SMILES string of the molecule is Cn1ncc(COc2ccccc2Br)c1C(=O)O. The predicted octanol–water partition coefficient (Wildman–Crippen LogP) is 2.46. The van der Waals surface area contributed by atoms with Gasteiger partial charge in [-0.3, -0.25) is 4.68 Å². The Balaban J connectivity index is 2.16. The lowest BCUT2D eigenvalue weighted by Crippen LogP contribution is -2.09. The topological polar surface area (TPSA) is 64.4 Å². The fourth-order valence-electron chi connectivity index (χ4n) is 1.58. The Morgan fingerprint density at radius 3 is 2.89 bits per heavy atom. The largest absolute Gasteiger partial charge is 0.488 e. The molecule has 0 spiro atoms. The van der Waals surface area contributed by atoms with E-state index in [-0.39, 0.29) is 12.3 Å². The summed E-state index contributed by atoms with van der Waals surface area (Å²) in [6.45, 7) is 0.165. The minimum atomic E-state index is -1.01. The first-order valence-corrected chi connectivity index (χ1v) is 6.00. The van der Waals surface area contributed by atoms with Gasteiger partial charge in [0.2, 0.25) is 0 Å². The molecule has 0 bridgehead atoms. The highest BCUT2D eigenvalue weighted by Crippen LogP contribution is 2.25. The highest BCUT2D eigenvalue weighted by Gasteiger charge is 2.16. The molecule has 1 aromatic heterocycles. The molecule has 0 radical (unpaired) electrons. The summed E-state index contributed by atoms with van der Waals surface area (Å²) in [6.07, 6.45) is 1.50. The summed E-state index contributed by atoms with van der Waals surface area (Å²) in [6, 6.07) is 7.39. The third-order valence-electron chi connectivity index (χ3n) is 2.44. The van der Waals surface area contributed by atoms with Gasteiger partial charge in [0.15, 0.2) is 5.69 Å². The van der Waals surface area contributed by atoms with Gasteiger partial charge in [-0.1, -0.05) is 12.1 Å². The van der Waals surface area contributed by atoms with Crippen LogP contribution < -0.4 is 4.74 Å². The van der Waals surface area contributed by atoms with Gasteiger partial charge in [-0.2, -0.15) is 5.10 Å². The van der Waals surface area contributed by atoms with Gasteiger partial charge < -0.3 is 9.84 Å². The number of nitrogens with zero attached hydrogens (tertiary/aromatic N) is 2. The Labute approximate surface area is 112 Å². The van der Waals surface area contributed by atoms with Crippen molar-refractivity contribution in [3.63, 3.8) is 0 Å². The molecule has 1 heterocycles. The van der Waals surface area contributed by atoms with E-state index in [1.165, 1.54) is 10.9 Å². The van der Waals surface area contributed by atoms with Gasteiger partial charge >= 0.3 is 5.97 Å². The highest BCUT2D eigenvalue weighted by atomic mass is 79.9. The van der Waals surface area contributed by atoms with E-state index in [9.17, 15) is 4.79 Å². The fraction of sp³-hybridized carbons (Fsp3) is 0.167. The molecule has 18 heavy (non-hydrogen) atoms. The molecule has 0 atom stereocenters. The number of hydrogen-bond acceptors (Lipinski definition) is 3. The normalized spacial score (nSPS) is 10.3. The molecule has 0 unspecified atom stereocenters. The van der Waals surface area contributed by atoms with Gasteiger partial charge in [0.1, 0.15) is 12.4 Å². The van der Waals surface area contributed by atoms with Crippen molar-refractivity contribution in [1.29, 1.82) is 0 Å². The van der Waals surface area contributed by atoms with Crippen molar-refractivity contribution in [1.82, 2.24) is 9.78 Å². The average Bonchev–Trinajstić information content (AvgIpc) is 2.69. The van der Waals surface area contributed by atoms with E-state index < -0.39 is 5.97 Å². The van der Waals surface area contributed by atoms with E-state index >= 15 is 0 Å². The summed E-state index contributed by atoms with van der Waals surface area (Å²) >= 11 is 3.36. The molecule has 0 aliphatic carbocycles. The molecular formula is C12H11BrN2O3. The number of benzene rings is 1. The Kier molecular flexibility index (Phi) is 3.66. The third kappa shape index (κ3) is 2.53. The van der Waals surface area contributed by atoms with Gasteiger partial charge in [-0.15, -0.1) is 0 Å². The Morgan fingerprint density at radius 1 is 1.50 bits per heavy atom. The highest BCUT2D eigenvalue weighted by molar-refractivity contribution is 9.10. The lowest BCUT2D eigenvalue weighted by atomic mass is 10.2. The maximum Gasteiger partial charge on any atom is 0.354 e. The summed E-state index contributed by atoms with van der Waals surface area (Å²) in [7, 11) is 1.59. The fourth-order valence-corrected chi connectivity index (χ4v) is 1.98. The molecule has 6 heteroatoms. The smallest absolute Gasteiger partial charge is 0.354 e. The van der Waals surface area contributed by atoms with E-state index in [1.54, 1.807) is 13.1 Å². The second-order valence-electron chi connectivity index (χ2n) is 3.67. The number of rotatable bonds is 4. The number of carbonyl (C=O) groups is 1. The van der Waals surface area contributed by atoms with Crippen molar-refractivity contribution in [3.8, 4) is 5.75 Å². The van der Waals surface area contributed by atoms with Crippen LogP contribution in [0.15, 0.2) is 34.9 Å². The van der Waals surface area contributed by atoms with Crippen LogP contribution in [0.2, 0.25) is 0 Å². The van der Waals surface area contributed by atoms with Crippen LogP contribution in [-0.2, 0) is 13.7 Å². The van der Waals surface area contributed by atoms with Crippen LogP contribution in [0.4, 0.5) is 0 Å². The number of para-hydroxylation sites is 1. The zero-order chi connectivity index (χ0) is 13.1. The lowest BCUT2D eigenvalue weighted by molar-refractivity contribution is 0.0682. The van der Waals surface area contributed by atoms with Gasteiger partial charge in [0, 0.05) is 12.6 Å². The second kappa shape index (κ2) is 5.22. The monoisotopic (exact) mass is 310 g/mol. The molecule has 0 saturated carbocycles. The Morgan fingerprint density at radius 2 is 2.22 bits per heavy atom. The van der Waals surface area contributed by atoms with Crippen molar-refractivity contribution in [3.05, 3.63) is 46.2 Å². The molecule has 94 valence electrons. The number of ether oxygens (including phenoxy) is 1. The maximum atomic E-state index is 11.1. The van der Waals surface area contributed by atoms with Crippen LogP contribution in [0.5, 0.6) is 5.75 Å². The summed E-state index contributed by atoms with van der Waals surface area (Å²) in [5.41, 5.74) is 0.683. The summed E-state index contributed by atoms with van der Waals surface area (Å²) in [5.74, 6) is -0.349. The number of aryl methyl sites for hydroxylation is 1. The van der Waals surface area contributed by atoms with Crippen LogP contribution >= 0.6 is 15.9 Å². The molecule has 0 amide bonds. The van der Waals surface area contributed by atoms with Gasteiger partial charge in [0.25, 0.3) is 0 Å². The van der Waals surface area contributed by atoms with Gasteiger partial charge in [-0.25, -0.2) is 4.79 Å². The molecular weight excluding hydrogens is 300 g/mol. The Bertz CT molecular complexity index is 580. The number of aromatic carboxylic acids is 1. The van der Waals surface area contributed by atoms with Crippen molar-refractivity contribution in [2.45, 2.75) is 6.61 Å². The van der Waals surface area contributed by atoms with Gasteiger partial charge in [0.05, 0.1) is 10.7 Å². The molecule has 1 N–H and O–H groups in total. The van der Waals surface area contributed by atoms with E-state index in [1.807, 2.05) is 18.2 Å². The number of hydrogen-bond donors (Lipinski definition) is 1. The summed E-state index contributed by atoms with van der Waals surface area (Å²) < 4.78 is 7.71. The van der Waals surface area contributed by atoms with E-state index in [2.05, 4.69) is 21.0 Å². The first kappa shape index (κ1) is 12.6. The molecule has 0 fully saturated rings.